The van der Waals surface area contributed by atoms with Crippen LogP contribution in [0, 0.1) is 0 Å². The average molecular weight is 613 g/mol. The second kappa shape index (κ2) is 14.0. The summed E-state index contributed by atoms with van der Waals surface area (Å²) in [5, 5.41) is 12.9. The SMILES string of the molecule is CCCCS(=O)(=O)C(N)(Cc1ccc(OCC2CN(CC(C(=O)OC(C)(C)C)N3CCNCC3)C(=O)O2)cc1)C(=O)O. The lowest BCUT2D eigenvalue weighted by Crippen LogP contribution is -2.57. The largest absolute Gasteiger partial charge is 0.490 e. The number of ether oxygens (including phenoxy) is 3. The molecule has 2 saturated heterocycles. The van der Waals surface area contributed by atoms with Crippen molar-refractivity contribution >= 4 is 27.9 Å². The molecule has 3 atom stereocenters. The second-order valence-electron chi connectivity index (χ2n) is 11.7. The van der Waals surface area contributed by atoms with E-state index >= 15 is 0 Å². The molecule has 2 fully saturated rings. The topological polar surface area (TPSA) is 178 Å². The first kappa shape index (κ1) is 33.6. The first-order valence-electron chi connectivity index (χ1n) is 14.2. The van der Waals surface area contributed by atoms with Gasteiger partial charge in [-0.1, -0.05) is 25.5 Å². The summed E-state index contributed by atoms with van der Waals surface area (Å²) >= 11 is 0. The molecule has 0 radical (unpaired) electrons. The van der Waals surface area contributed by atoms with Crippen molar-refractivity contribution in [2.45, 2.75) is 69.6 Å². The van der Waals surface area contributed by atoms with Gasteiger partial charge in [0.2, 0.25) is 4.87 Å². The van der Waals surface area contributed by atoms with E-state index in [1.165, 1.54) is 4.90 Å². The van der Waals surface area contributed by atoms with E-state index in [9.17, 15) is 27.9 Å². The van der Waals surface area contributed by atoms with E-state index in [2.05, 4.69) is 5.32 Å². The first-order chi connectivity index (χ1) is 19.6. The van der Waals surface area contributed by atoms with Crippen molar-refractivity contribution in [3.05, 3.63) is 29.8 Å². The number of nitrogens with two attached hydrogens (primary N) is 1. The molecule has 3 rings (SSSR count). The number of carboxylic acid groups (broad SMARTS) is 1. The Balaban J connectivity index is 1.59. The number of hydrogen-bond donors (Lipinski definition) is 3. The zero-order chi connectivity index (χ0) is 31.1. The van der Waals surface area contributed by atoms with Gasteiger partial charge in [-0.05, 0) is 44.9 Å². The van der Waals surface area contributed by atoms with Crippen LogP contribution in [0.4, 0.5) is 4.79 Å². The first-order valence-corrected chi connectivity index (χ1v) is 15.9. The fourth-order valence-corrected chi connectivity index (χ4v) is 6.44. The van der Waals surface area contributed by atoms with Crippen molar-refractivity contribution in [3.8, 4) is 5.75 Å². The summed E-state index contributed by atoms with van der Waals surface area (Å²) < 4.78 is 42.3. The van der Waals surface area contributed by atoms with Gasteiger partial charge in [0.1, 0.15) is 24.0 Å². The molecule has 3 unspecified atom stereocenters. The number of carbonyl (C=O) groups is 3. The minimum absolute atomic E-state index is 0.0493. The lowest BCUT2D eigenvalue weighted by Gasteiger charge is -2.36. The summed E-state index contributed by atoms with van der Waals surface area (Å²) in [5.74, 6) is -1.87. The van der Waals surface area contributed by atoms with Crippen LogP contribution in [0.25, 0.3) is 0 Å². The van der Waals surface area contributed by atoms with Crippen LogP contribution >= 0.6 is 0 Å². The smallest absolute Gasteiger partial charge is 0.410 e. The highest BCUT2D eigenvalue weighted by atomic mass is 32.2. The van der Waals surface area contributed by atoms with Gasteiger partial charge in [0.05, 0.1) is 18.8 Å². The molecule has 42 heavy (non-hydrogen) atoms. The van der Waals surface area contributed by atoms with E-state index in [1.807, 2.05) is 11.8 Å². The number of rotatable bonds is 14. The molecule has 0 spiro atoms. The fraction of sp³-hybridized carbons (Fsp3) is 0.679. The van der Waals surface area contributed by atoms with Gasteiger partial charge in [0.25, 0.3) is 0 Å². The number of piperazine rings is 1. The number of carboxylic acids is 1. The molecule has 0 bridgehead atoms. The number of unbranched alkanes of at least 4 members (excludes halogenated alkanes) is 1. The summed E-state index contributed by atoms with van der Waals surface area (Å²) in [6.07, 6.45) is -0.598. The van der Waals surface area contributed by atoms with Gasteiger partial charge in [0.15, 0.2) is 15.9 Å². The van der Waals surface area contributed by atoms with E-state index in [4.69, 9.17) is 19.9 Å². The van der Waals surface area contributed by atoms with Gasteiger partial charge in [-0.3, -0.25) is 9.69 Å². The number of amides is 1. The Morgan fingerprint density at radius 2 is 1.83 bits per heavy atom. The quantitative estimate of drug-likeness (QED) is 0.254. The molecule has 236 valence electrons. The minimum Gasteiger partial charge on any atom is -0.490 e. The standard InChI is InChI=1S/C28H44N4O9S/c1-5-6-15-42(37,38)28(29,25(34)35)16-20-7-9-21(10-8-20)39-19-22-17-32(26(36)40-22)18-23(24(33)41-27(2,3)4)31-13-11-30-12-14-31/h7-10,22-23,30H,5-6,11-19,29H2,1-4H3,(H,34,35). The zero-order valence-corrected chi connectivity index (χ0v) is 25.7. The number of benzene rings is 1. The maximum Gasteiger partial charge on any atom is 0.410 e. The zero-order valence-electron chi connectivity index (χ0n) is 24.8. The van der Waals surface area contributed by atoms with Crippen molar-refractivity contribution in [2.24, 2.45) is 5.73 Å². The number of nitrogens with zero attached hydrogens (tertiary/aromatic N) is 2. The van der Waals surface area contributed by atoms with Gasteiger partial charge in [-0.25, -0.2) is 18.0 Å². The normalized spacial score (nSPS) is 20.5. The molecule has 1 amide bonds. The maximum absolute atomic E-state index is 13.0. The van der Waals surface area contributed by atoms with Crippen molar-refractivity contribution < 1.29 is 42.1 Å². The molecular formula is C28H44N4O9S. The Hall–Kier alpha value is -2.94. The van der Waals surface area contributed by atoms with Crippen LogP contribution in [0.1, 0.15) is 46.1 Å². The Morgan fingerprint density at radius 1 is 1.19 bits per heavy atom. The van der Waals surface area contributed by atoms with Gasteiger partial charge in [-0.15, -0.1) is 0 Å². The van der Waals surface area contributed by atoms with Crippen molar-refractivity contribution in [3.63, 3.8) is 0 Å². The van der Waals surface area contributed by atoms with Crippen molar-refractivity contribution in [1.82, 2.24) is 15.1 Å². The molecule has 14 heteroatoms. The molecule has 1 aromatic rings. The third kappa shape index (κ3) is 8.79. The lowest BCUT2D eigenvalue weighted by molar-refractivity contribution is -0.162. The van der Waals surface area contributed by atoms with E-state index in [-0.39, 0.29) is 31.4 Å². The maximum atomic E-state index is 13.0. The summed E-state index contributed by atoms with van der Waals surface area (Å²) in [5.41, 5.74) is 5.68. The van der Waals surface area contributed by atoms with Crippen LogP contribution in [-0.4, -0.2) is 116 Å². The van der Waals surface area contributed by atoms with Crippen LogP contribution in [0.5, 0.6) is 5.75 Å². The predicted octanol–water partition coefficient (Wildman–Crippen LogP) is 0.999. The number of esters is 1. The number of cyclic esters (lactones) is 1. The number of aliphatic carboxylic acids is 1. The van der Waals surface area contributed by atoms with Crippen molar-refractivity contribution in [1.29, 1.82) is 0 Å². The minimum atomic E-state index is -4.10. The number of sulfone groups is 1. The number of carbonyl (C=O) groups excluding carboxylic acids is 2. The van der Waals surface area contributed by atoms with Crippen LogP contribution in [-0.2, 0) is 35.3 Å². The third-order valence-corrected chi connectivity index (χ3v) is 9.38. The number of hydrogen-bond acceptors (Lipinski definition) is 11. The summed E-state index contributed by atoms with van der Waals surface area (Å²) in [6.45, 7) is 10.4. The molecule has 2 heterocycles. The molecule has 0 saturated carbocycles. The molecule has 2 aliphatic rings. The summed E-state index contributed by atoms with van der Waals surface area (Å²) in [6, 6.07) is 5.64. The summed E-state index contributed by atoms with van der Waals surface area (Å²) in [4.78, 5) is 38.6. The highest BCUT2D eigenvalue weighted by Crippen LogP contribution is 2.23. The molecule has 13 nitrogen and oxygen atoms in total. The molecular weight excluding hydrogens is 568 g/mol. The van der Waals surface area contributed by atoms with Gasteiger partial charge in [-0.2, -0.15) is 0 Å². The predicted molar refractivity (Wildman–Crippen MR) is 155 cm³/mol. The number of nitrogens with one attached hydrogen (secondary N) is 1. The van der Waals surface area contributed by atoms with Crippen molar-refractivity contribution in [2.75, 3.05) is 51.6 Å². The summed E-state index contributed by atoms with van der Waals surface area (Å²) in [7, 11) is -4.10. The van der Waals surface area contributed by atoms with Crippen LogP contribution in [0.2, 0.25) is 0 Å². The second-order valence-corrected chi connectivity index (χ2v) is 14.1. The molecule has 4 N–H and O–H groups in total. The van der Waals surface area contributed by atoms with Crippen LogP contribution in [0.3, 0.4) is 0 Å². The monoisotopic (exact) mass is 612 g/mol. The fourth-order valence-electron chi connectivity index (χ4n) is 4.75. The molecule has 0 aliphatic carbocycles. The van der Waals surface area contributed by atoms with E-state index in [1.54, 1.807) is 45.0 Å². The highest BCUT2D eigenvalue weighted by Gasteiger charge is 2.47. The Bertz CT molecular complexity index is 1200. The Kier molecular flexibility index (Phi) is 11.2. The Labute approximate surface area is 247 Å². The Morgan fingerprint density at radius 3 is 2.40 bits per heavy atom. The molecule has 0 aromatic heterocycles. The van der Waals surface area contributed by atoms with E-state index in [0.29, 0.717) is 37.2 Å². The van der Waals surface area contributed by atoms with Gasteiger partial charge in [0, 0.05) is 32.6 Å². The third-order valence-electron chi connectivity index (χ3n) is 7.12. The van der Waals surface area contributed by atoms with Crippen LogP contribution < -0.4 is 15.8 Å². The lowest BCUT2D eigenvalue weighted by atomic mass is 10.1. The average Bonchev–Trinajstić information content (AvgIpc) is 3.28. The van der Waals surface area contributed by atoms with E-state index < -0.39 is 50.9 Å². The van der Waals surface area contributed by atoms with E-state index in [0.717, 1.165) is 13.1 Å². The van der Waals surface area contributed by atoms with Crippen LogP contribution in [0.15, 0.2) is 24.3 Å². The van der Waals surface area contributed by atoms with Gasteiger partial charge < -0.3 is 35.3 Å². The molecule has 1 aromatic carbocycles. The highest BCUT2D eigenvalue weighted by molar-refractivity contribution is 7.93. The molecule has 2 aliphatic heterocycles. The van der Waals surface area contributed by atoms with Gasteiger partial charge >= 0.3 is 18.0 Å².